The second-order valence-corrected chi connectivity index (χ2v) is 4.49. The number of rotatable bonds is 1. The van der Waals surface area contributed by atoms with E-state index in [1.807, 2.05) is 6.07 Å². The number of aryl methyl sites for hydroxylation is 1. The molecule has 2 heterocycles. The van der Waals surface area contributed by atoms with Crippen molar-refractivity contribution in [3.63, 3.8) is 0 Å². The second-order valence-electron chi connectivity index (χ2n) is 4.10. The average Bonchev–Trinajstić information content (AvgIpc) is 2.39. The fourth-order valence-electron chi connectivity index (χ4n) is 2.22. The molecule has 86 valence electrons. The molecule has 0 N–H and O–H groups in total. The largest absolute Gasteiger partial charge is 0.325 e. The molecule has 0 unspecified atom stereocenters. The van der Waals surface area contributed by atoms with Crippen LogP contribution in [0.4, 0.5) is 11.5 Å². The normalized spacial score (nSPS) is 14.5. The molecule has 0 spiro atoms. The Morgan fingerprint density at radius 2 is 1.94 bits per heavy atom. The number of hydrogen-bond acceptors (Lipinski definition) is 3. The maximum atomic E-state index is 5.76. The van der Waals surface area contributed by atoms with E-state index in [4.69, 9.17) is 11.6 Å². The van der Waals surface area contributed by atoms with E-state index in [0.717, 1.165) is 25.2 Å². The van der Waals surface area contributed by atoms with Gasteiger partial charge in [-0.05, 0) is 36.6 Å². The third kappa shape index (κ3) is 1.98. The number of anilines is 2. The lowest BCUT2D eigenvalue weighted by atomic mass is 10.0. The molecule has 1 aromatic carbocycles. The molecule has 1 aromatic heterocycles. The topological polar surface area (TPSA) is 29.0 Å². The summed E-state index contributed by atoms with van der Waals surface area (Å²) in [5, 5.41) is 8.48. The van der Waals surface area contributed by atoms with Gasteiger partial charge in [0.05, 0.1) is 0 Å². The third-order valence-electron chi connectivity index (χ3n) is 3.00. The molecule has 1 aliphatic rings. The minimum Gasteiger partial charge on any atom is -0.325 e. The predicted molar refractivity (Wildman–Crippen MR) is 68.8 cm³/mol. The molecule has 3 rings (SSSR count). The lowest BCUT2D eigenvalue weighted by molar-refractivity contribution is 0.753. The number of fused-ring (bicyclic) bond motifs is 1. The molecular formula is C13H12ClN3. The number of halogens is 1. The maximum absolute atomic E-state index is 5.76. The molecular weight excluding hydrogens is 234 g/mol. The summed E-state index contributed by atoms with van der Waals surface area (Å²) < 4.78 is 0. The summed E-state index contributed by atoms with van der Waals surface area (Å²) in [5.74, 6) is 0.863. The van der Waals surface area contributed by atoms with Gasteiger partial charge in [0, 0.05) is 12.2 Å². The minimum absolute atomic E-state index is 0.430. The van der Waals surface area contributed by atoms with Crippen LogP contribution in [-0.4, -0.2) is 16.7 Å². The van der Waals surface area contributed by atoms with E-state index in [-0.39, 0.29) is 0 Å². The Balaban J connectivity index is 2.03. The molecule has 4 heteroatoms. The molecule has 0 atom stereocenters. The summed E-state index contributed by atoms with van der Waals surface area (Å²) in [6, 6.07) is 12.1. The van der Waals surface area contributed by atoms with Crippen LogP contribution in [0.25, 0.3) is 0 Å². The minimum atomic E-state index is 0.430. The number of aromatic nitrogens is 2. The van der Waals surface area contributed by atoms with Crippen LogP contribution in [0.3, 0.4) is 0 Å². The first-order valence-electron chi connectivity index (χ1n) is 5.69. The van der Waals surface area contributed by atoms with Gasteiger partial charge in [-0.2, -0.15) is 0 Å². The molecule has 17 heavy (non-hydrogen) atoms. The lowest BCUT2D eigenvalue weighted by Crippen LogP contribution is -2.25. The van der Waals surface area contributed by atoms with Gasteiger partial charge in [0.15, 0.2) is 11.0 Å². The zero-order valence-corrected chi connectivity index (χ0v) is 10.1. The molecule has 0 radical (unpaired) electrons. The monoisotopic (exact) mass is 245 g/mol. The molecule has 0 fully saturated rings. The smallest absolute Gasteiger partial charge is 0.155 e. The highest BCUT2D eigenvalue weighted by atomic mass is 35.5. The first-order valence-corrected chi connectivity index (χ1v) is 6.07. The first kappa shape index (κ1) is 10.5. The van der Waals surface area contributed by atoms with Gasteiger partial charge < -0.3 is 4.90 Å². The van der Waals surface area contributed by atoms with Crippen molar-refractivity contribution in [2.75, 3.05) is 11.4 Å². The van der Waals surface area contributed by atoms with Gasteiger partial charge in [0.1, 0.15) is 0 Å². The van der Waals surface area contributed by atoms with Crippen molar-refractivity contribution in [2.45, 2.75) is 12.8 Å². The Morgan fingerprint density at radius 3 is 2.76 bits per heavy atom. The van der Waals surface area contributed by atoms with Gasteiger partial charge in [-0.15, -0.1) is 10.2 Å². The van der Waals surface area contributed by atoms with Gasteiger partial charge in [0.2, 0.25) is 0 Å². The molecule has 1 aliphatic heterocycles. The van der Waals surface area contributed by atoms with Crippen LogP contribution in [-0.2, 0) is 6.42 Å². The van der Waals surface area contributed by atoms with E-state index >= 15 is 0 Å². The van der Waals surface area contributed by atoms with Crippen LogP contribution >= 0.6 is 11.6 Å². The predicted octanol–water partition coefficient (Wildman–Crippen LogP) is 3.21. The van der Waals surface area contributed by atoms with E-state index in [2.05, 4.69) is 39.4 Å². The molecule has 0 bridgehead atoms. The van der Waals surface area contributed by atoms with Crippen molar-refractivity contribution in [1.82, 2.24) is 10.2 Å². The van der Waals surface area contributed by atoms with Crippen LogP contribution in [0.2, 0.25) is 5.15 Å². The standard InChI is InChI=1S/C13H12ClN3/c14-12-7-8-13(16-15-12)17-9-3-5-10-4-1-2-6-11(10)17/h1-2,4,6-8H,3,5,9H2. The third-order valence-corrected chi connectivity index (χ3v) is 3.21. The summed E-state index contributed by atoms with van der Waals surface area (Å²) in [7, 11) is 0. The summed E-state index contributed by atoms with van der Waals surface area (Å²) in [6.07, 6.45) is 2.27. The Bertz CT molecular complexity index is 524. The highest BCUT2D eigenvalue weighted by Gasteiger charge is 2.18. The average molecular weight is 246 g/mol. The summed E-state index contributed by atoms with van der Waals surface area (Å²) in [6.45, 7) is 0.979. The van der Waals surface area contributed by atoms with Gasteiger partial charge in [0.25, 0.3) is 0 Å². The van der Waals surface area contributed by atoms with E-state index < -0.39 is 0 Å². The fourth-order valence-corrected chi connectivity index (χ4v) is 2.33. The van der Waals surface area contributed by atoms with E-state index in [1.165, 1.54) is 11.3 Å². The van der Waals surface area contributed by atoms with Crippen molar-refractivity contribution < 1.29 is 0 Å². The van der Waals surface area contributed by atoms with E-state index in [0.29, 0.717) is 5.15 Å². The summed E-state index contributed by atoms with van der Waals surface area (Å²) in [4.78, 5) is 2.20. The van der Waals surface area contributed by atoms with Crippen molar-refractivity contribution in [2.24, 2.45) is 0 Å². The van der Waals surface area contributed by atoms with Crippen molar-refractivity contribution in [3.8, 4) is 0 Å². The molecule has 0 aliphatic carbocycles. The number of benzene rings is 1. The van der Waals surface area contributed by atoms with Crippen LogP contribution < -0.4 is 4.90 Å². The Kier molecular flexibility index (Phi) is 2.69. The Hall–Kier alpha value is -1.61. The molecule has 2 aromatic rings. The van der Waals surface area contributed by atoms with Crippen LogP contribution in [0.5, 0.6) is 0 Å². The number of hydrogen-bond donors (Lipinski definition) is 0. The van der Waals surface area contributed by atoms with Gasteiger partial charge in [-0.25, -0.2) is 0 Å². The van der Waals surface area contributed by atoms with E-state index in [9.17, 15) is 0 Å². The van der Waals surface area contributed by atoms with Crippen molar-refractivity contribution >= 4 is 23.1 Å². The highest BCUT2D eigenvalue weighted by Crippen LogP contribution is 2.31. The quantitative estimate of drug-likeness (QED) is 0.773. The highest BCUT2D eigenvalue weighted by molar-refractivity contribution is 6.29. The lowest BCUT2D eigenvalue weighted by Gasteiger charge is -2.29. The van der Waals surface area contributed by atoms with Gasteiger partial charge in [-0.1, -0.05) is 29.8 Å². The van der Waals surface area contributed by atoms with Crippen LogP contribution in [0, 0.1) is 0 Å². The first-order chi connectivity index (χ1) is 8.34. The molecule has 0 amide bonds. The zero-order valence-electron chi connectivity index (χ0n) is 9.31. The van der Waals surface area contributed by atoms with E-state index in [1.54, 1.807) is 6.07 Å². The van der Waals surface area contributed by atoms with Gasteiger partial charge >= 0.3 is 0 Å². The van der Waals surface area contributed by atoms with Gasteiger partial charge in [-0.3, -0.25) is 0 Å². The van der Waals surface area contributed by atoms with Crippen LogP contribution in [0.1, 0.15) is 12.0 Å². The molecule has 3 nitrogen and oxygen atoms in total. The SMILES string of the molecule is Clc1ccc(N2CCCc3ccccc32)nn1. The number of para-hydroxylation sites is 1. The number of nitrogens with zero attached hydrogens (tertiary/aromatic N) is 3. The molecule has 0 saturated heterocycles. The molecule has 0 saturated carbocycles. The Morgan fingerprint density at radius 1 is 1.06 bits per heavy atom. The zero-order chi connectivity index (χ0) is 11.7. The Labute approximate surface area is 105 Å². The summed E-state index contributed by atoms with van der Waals surface area (Å²) in [5.41, 5.74) is 2.60. The van der Waals surface area contributed by atoms with Crippen LogP contribution in [0.15, 0.2) is 36.4 Å². The fraction of sp³-hybridized carbons (Fsp3) is 0.231. The summed E-state index contributed by atoms with van der Waals surface area (Å²) >= 11 is 5.76. The second kappa shape index (κ2) is 4.34. The van der Waals surface area contributed by atoms with Crippen molar-refractivity contribution in [1.29, 1.82) is 0 Å². The maximum Gasteiger partial charge on any atom is 0.155 e. The van der Waals surface area contributed by atoms with Crippen molar-refractivity contribution in [3.05, 3.63) is 47.1 Å².